The van der Waals surface area contributed by atoms with Gasteiger partial charge in [0, 0.05) is 19.3 Å². The van der Waals surface area contributed by atoms with Crippen molar-refractivity contribution in [2.24, 2.45) is 0 Å². The first kappa shape index (κ1) is 35.3. The summed E-state index contributed by atoms with van der Waals surface area (Å²) in [5.41, 5.74) is 2.85. The second-order valence-electron chi connectivity index (χ2n) is 10.3. The molecule has 0 aliphatic rings. The van der Waals surface area contributed by atoms with Gasteiger partial charge in [-0.25, -0.2) is 14.4 Å². The number of aryl methyl sites for hydroxylation is 3. The molecule has 0 bridgehead atoms. The van der Waals surface area contributed by atoms with Crippen LogP contribution in [0.25, 0.3) is 33.8 Å². The van der Waals surface area contributed by atoms with Gasteiger partial charge in [0.2, 0.25) is 15.8 Å². The van der Waals surface area contributed by atoms with E-state index in [9.17, 15) is 14.4 Å². The number of rotatable bonds is 15. The average molecular weight is 673 g/mol. The minimum Gasteiger partial charge on any atom is -0.450 e. The molecule has 3 aromatic heterocycles. The van der Waals surface area contributed by atoms with Crippen LogP contribution >= 0.6 is 0 Å². The number of hydrogen-bond donors (Lipinski definition) is 3. The van der Waals surface area contributed by atoms with Gasteiger partial charge in [0.05, 0.1) is 36.5 Å². The average Bonchev–Trinajstić information content (AvgIpc) is 3.75. The van der Waals surface area contributed by atoms with Gasteiger partial charge in [-0.05, 0) is 53.0 Å². The third-order valence-electron chi connectivity index (χ3n) is 6.64. The zero-order valence-electron chi connectivity index (χ0n) is 28.0. The van der Waals surface area contributed by atoms with E-state index in [0.717, 1.165) is 0 Å². The largest absolute Gasteiger partial charge is 0.450 e. The van der Waals surface area contributed by atoms with E-state index in [0.29, 0.717) is 72.7 Å². The van der Waals surface area contributed by atoms with Gasteiger partial charge in [-0.3, -0.25) is 29.5 Å². The van der Waals surface area contributed by atoms with Crippen molar-refractivity contribution in [3.8, 4) is 33.8 Å². The molecule has 0 aliphatic heterocycles. The van der Waals surface area contributed by atoms with Crippen molar-refractivity contribution in [3.63, 3.8) is 0 Å². The van der Waals surface area contributed by atoms with Crippen LogP contribution in [0.3, 0.4) is 0 Å². The van der Waals surface area contributed by atoms with E-state index in [2.05, 4.69) is 31.8 Å². The number of ether oxygens (including phenoxy) is 3. The summed E-state index contributed by atoms with van der Waals surface area (Å²) in [5.74, 6) is 0.120. The predicted molar refractivity (Wildman–Crippen MR) is 166 cm³/mol. The number of aromatic nitrogens is 6. The second-order valence-corrected chi connectivity index (χ2v) is 10.3. The third kappa shape index (κ3) is 8.23. The maximum Gasteiger partial charge on any atom is 0.414 e. The molecular weight excluding hydrogens is 630 g/mol. The van der Waals surface area contributed by atoms with Gasteiger partial charge in [-0.1, -0.05) is 20.8 Å². The van der Waals surface area contributed by atoms with Crippen LogP contribution in [0.15, 0.2) is 31.8 Å². The number of nitrogens with one attached hydrogen (secondary N) is 3. The minimum atomic E-state index is -0.726. The lowest BCUT2D eigenvalue weighted by Gasteiger charge is -2.07. The molecule has 4 rings (SSSR count). The van der Waals surface area contributed by atoms with Crippen molar-refractivity contribution in [2.75, 3.05) is 35.8 Å². The van der Waals surface area contributed by atoms with Crippen molar-refractivity contribution >= 4 is 35.9 Å². The Morgan fingerprint density at radius 3 is 1.04 bits per heavy atom. The molecule has 0 saturated carbocycles. The molecule has 4 aromatic rings. The van der Waals surface area contributed by atoms with E-state index in [4.69, 9.17) is 27.8 Å². The molecule has 0 fully saturated rings. The van der Waals surface area contributed by atoms with E-state index >= 15 is 0 Å². The van der Waals surface area contributed by atoms with Crippen molar-refractivity contribution in [3.05, 3.63) is 18.2 Å². The van der Waals surface area contributed by atoms with Crippen LogP contribution in [-0.4, -0.2) is 53.9 Å². The van der Waals surface area contributed by atoms with Gasteiger partial charge in [0.1, 0.15) is 0 Å². The molecule has 1 aromatic carbocycles. The summed E-state index contributed by atoms with van der Waals surface area (Å²) >= 11 is 0. The van der Waals surface area contributed by atoms with Gasteiger partial charge in [0.15, 0.2) is 19.6 Å². The van der Waals surface area contributed by atoms with E-state index in [-0.39, 0.29) is 37.5 Å². The molecule has 3 heterocycles. The maximum absolute atomic E-state index is 12.5. The number of hydrogen-bond acceptors (Lipinski definition) is 12. The normalized spacial score (nSPS) is 10.9. The Kier molecular flexibility index (Phi) is 12.4. The predicted octanol–water partition coefficient (Wildman–Crippen LogP) is 4.45. The van der Waals surface area contributed by atoms with Crippen LogP contribution in [0.5, 0.6) is 0 Å². The zero-order chi connectivity index (χ0) is 34.6. The summed E-state index contributed by atoms with van der Waals surface area (Å²) in [5, 5.41) is 20.4. The van der Waals surface area contributed by atoms with Crippen LogP contribution in [0.4, 0.5) is 32.0 Å². The first-order valence-electron chi connectivity index (χ1n) is 15.9. The van der Waals surface area contributed by atoms with E-state index in [1.165, 1.54) is 0 Å². The first-order valence-corrected chi connectivity index (χ1v) is 15.9. The number of nitrogens with zero attached hydrogens (tertiary/aromatic N) is 6. The number of benzene rings is 1. The summed E-state index contributed by atoms with van der Waals surface area (Å²) in [4.78, 5) is 37.6. The van der Waals surface area contributed by atoms with E-state index < -0.39 is 18.3 Å². The fourth-order valence-corrected chi connectivity index (χ4v) is 4.87. The van der Waals surface area contributed by atoms with Crippen LogP contribution in [0.2, 0.25) is 0 Å². The number of carbonyl (C=O) groups excluding carboxylic acids is 3. The van der Waals surface area contributed by atoms with Crippen molar-refractivity contribution in [2.45, 2.75) is 80.4 Å². The molecule has 0 spiro atoms. The molecule has 258 valence electrons. The molecule has 0 unspecified atom stereocenters. The third-order valence-corrected chi connectivity index (χ3v) is 6.64. The highest BCUT2D eigenvalue weighted by atomic mass is 16.6. The Labute approximate surface area is 276 Å². The lowest BCUT2D eigenvalue weighted by Crippen LogP contribution is -2.38. The number of amides is 3. The molecule has 0 aliphatic carbocycles. The van der Waals surface area contributed by atoms with Crippen LogP contribution in [-0.2, 0) is 33.8 Å². The maximum atomic E-state index is 12.5. The standard InChI is InChI=1S/C30H39N9O9/c1-7-13-37-22(25(46-34-37)31-28(40)43-10-4)19-16-20(23-26(32-29(41)44-11-5)47-35-38(23)14-8-2)18-21(17-19)24-27(33-30(42)45-12-6)48-36-39(24)15-9-3/h16-18H,7-15H2,1-6H3/p+3. The number of carbonyl (C=O) groups is 3. The summed E-state index contributed by atoms with van der Waals surface area (Å²) in [6, 6.07) is 5.43. The van der Waals surface area contributed by atoms with Crippen molar-refractivity contribution < 1.29 is 56.2 Å². The summed E-state index contributed by atoms with van der Waals surface area (Å²) in [7, 11) is 0. The Morgan fingerprint density at radius 2 is 0.812 bits per heavy atom. The Hall–Kier alpha value is -5.55. The lowest BCUT2D eigenvalue weighted by atomic mass is 9.99. The van der Waals surface area contributed by atoms with Gasteiger partial charge >= 0.3 is 53.0 Å². The Bertz CT molecular complexity index is 1510. The highest BCUT2D eigenvalue weighted by Gasteiger charge is 2.36. The molecule has 18 nitrogen and oxygen atoms in total. The highest BCUT2D eigenvalue weighted by molar-refractivity contribution is 5.92. The van der Waals surface area contributed by atoms with Crippen LogP contribution in [0.1, 0.15) is 60.8 Å². The van der Waals surface area contributed by atoms with Crippen molar-refractivity contribution in [1.29, 1.82) is 0 Å². The van der Waals surface area contributed by atoms with Gasteiger partial charge in [-0.2, -0.15) is 0 Å². The number of anilines is 3. The lowest BCUT2D eigenvalue weighted by molar-refractivity contribution is -0.753. The molecule has 48 heavy (non-hydrogen) atoms. The van der Waals surface area contributed by atoms with Gasteiger partial charge in [0.25, 0.3) is 0 Å². The quantitative estimate of drug-likeness (QED) is 0.118. The molecule has 3 amide bonds. The Morgan fingerprint density at radius 1 is 0.542 bits per heavy atom. The van der Waals surface area contributed by atoms with E-state index in [1.54, 1.807) is 34.8 Å². The fraction of sp³-hybridized carbons (Fsp3) is 0.500. The topological polar surface area (TPSA) is 205 Å². The highest BCUT2D eigenvalue weighted by Crippen LogP contribution is 2.37. The minimum absolute atomic E-state index is 0.0400. The summed E-state index contributed by atoms with van der Waals surface area (Å²) in [6.07, 6.45) is -0.0900. The van der Waals surface area contributed by atoms with Crippen molar-refractivity contribution in [1.82, 2.24) is 15.8 Å². The molecule has 0 radical (unpaired) electrons. The second kappa shape index (κ2) is 16.8. The smallest absolute Gasteiger partial charge is 0.414 e. The first-order chi connectivity index (χ1) is 23.3. The monoisotopic (exact) mass is 672 g/mol. The van der Waals surface area contributed by atoms with Gasteiger partial charge in [-0.15, -0.1) is 0 Å². The summed E-state index contributed by atoms with van der Waals surface area (Å²) < 4.78 is 36.9. The molecule has 18 heteroatoms. The molecule has 3 N–H and O–H groups in total. The zero-order valence-corrected chi connectivity index (χ0v) is 28.0. The molecule has 0 atom stereocenters. The molecular formula is C30H42N9O9+3. The van der Waals surface area contributed by atoms with E-state index in [1.807, 2.05) is 39.0 Å². The Balaban J connectivity index is 2.04. The SMILES string of the molecule is CCC[n+]1noc(NC(=O)OCC)c1-c1cc(-c2c(NC(=O)OCC)on[n+]2CCC)cc(-c2c(NC(=O)OCC)on[n+]2CCC)c1. The summed E-state index contributed by atoms with van der Waals surface area (Å²) in [6.45, 7) is 12.8. The fourth-order valence-electron chi connectivity index (χ4n) is 4.87. The van der Waals surface area contributed by atoms with Crippen LogP contribution in [0, 0.1) is 0 Å². The molecule has 0 saturated heterocycles. The van der Waals surface area contributed by atoms with Crippen LogP contribution < -0.4 is 30.0 Å². The van der Waals surface area contributed by atoms with Gasteiger partial charge < -0.3 is 14.2 Å².